The summed E-state index contributed by atoms with van der Waals surface area (Å²) >= 11 is 0. The number of benzene rings is 2. The number of nitriles is 1. The Hall–Kier alpha value is -2.79. The zero-order valence-corrected chi connectivity index (χ0v) is 17.0. The molecule has 1 heterocycles. The van der Waals surface area contributed by atoms with Crippen LogP contribution in [0.3, 0.4) is 0 Å². The third kappa shape index (κ3) is 3.40. The average molecular weight is 415 g/mol. The van der Waals surface area contributed by atoms with Crippen molar-refractivity contribution in [2.24, 2.45) is 0 Å². The van der Waals surface area contributed by atoms with Crippen molar-refractivity contribution in [3.05, 3.63) is 53.3 Å². The molecule has 2 aliphatic rings. The number of nitrogens with one attached hydrogen (secondary N) is 1. The fourth-order valence-corrected chi connectivity index (χ4v) is 5.35. The van der Waals surface area contributed by atoms with Crippen molar-refractivity contribution in [3.8, 4) is 11.8 Å². The minimum Gasteiger partial charge on any atom is -0.497 e. The van der Waals surface area contributed by atoms with Gasteiger partial charge in [0.15, 0.2) is 0 Å². The molecule has 1 saturated carbocycles. The van der Waals surface area contributed by atoms with E-state index in [4.69, 9.17) is 4.74 Å². The number of methoxy groups -OCH3 is 1. The Labute approximate surface area is 170 Å². The number of sulfonamides is 1. The maximum absolute atomic E-state index is 14.8. The lowest BCUT2D eigenvalue weighted by atomic mass is 9.91. The van der Waals surface area contributed by atoms with Crippen LogP contribution in [0.5, 0.6) is 5.75 Å². The van der Waals surface area contributed by atoms with Crippen LogP contribution in [-0.2, 0) is 10.0 Å². The highest BCUT2D eigenvalue weighted by Crippen LogP contribution is 2.49. The van der Waals surface area contributed by atoms with Crippen molar-refractivity contribution in [2.75, 3.05) is 23.3 Å². The van der Waals surface area contributed by atoms with Gasteiger partial charge >= 0.3 is 0 Å². The molecule has 1 fully saturated rings. The zero-order valence-electron chi connectivity index (χ0n) is 16.2. The largest absolute Gasteiger partial charge is 0.497 e. The lowest BCUT2D eigenvalue weighted by molar-refractivity contribution is 0.415. The van der Waals surface area contributed by atoms with Gasteiger partial charge in [0.1, 0.15) is 11.6 Å². The standard InChI is InChI=1S/C21H22FN3O3S/c1-3-25-20-11-14(28-2)5-8-16(20)17(12-23)21(25)13-4-9-19(18(22)10-13)24-29(26,27)15-6-7-15/h4-5,8-11,15,17,21,24H,3,6-7H2,1-2H3. The summed E-state index contributed by atoms with van der Waals surface area (Å²) < 4.78 is 46.7. The van der Waals surface area contributed by atoms with E-state index in [2.05, 4.69) is 15.7 Å². The molecule has 1 aliphatic carbocycles. The SMILES string of the molecule is CCN1c2cc(OC)ccc2C(C#N)C1c1ccc(NS(=O)(=O)C2CC2)c(F)c1. The number of hydrogen-bond donors (Lipinski definition) is 1. The van der Waals surface area contributed by atoms with Gasteiger partial charge in [-0.2, -0.15) is 5.26 Å². The Morgan fingerprint density at radius 2 is 2.03 bits per heavy atom. The van der Waals surface area contributed by atoms with Gasteiger partial charge in [0.05, 0.1) is 36.1 Å². The Morgan fingerprint density at radius 3 is 2.62 bits per heavy atom. The molecule has 1 aliphatic heterocycles. The smallest absolute Gasteiger partial charge is 0.235 e. The van der Waals surface area contributed by atoms with E-state index in [0.717, 1.165) is 11.3 Å². The molecule has 0 amide bonds. The summed E-state index contributed by atoms with van der Waals surface area (Å²) in [5, 5.41) is 9.40. The number of halogens is 1. The van der Waals surface area contributed by atoms with E-state index in [1.807, 2.05) is 25.1 Å². The van der Waals surface area contributed by atoms with Crippen LogP contribution >= 0.6 is 0 Å². The predicted octanol–water partition coefficient (Wildman–Crippen LogP) is 3.93. The van der Waals surface area contributed by atoms with Crippen molar-refractivity contribution < 1.29 is 17.5 Å². The lowest BCUT2D eigenvalue weighted by Crippen LogP contribution is -2.26. The number of nitrogens with zero attached hydrogens (tertiary/aromatic N) is 2. The molecule has 2 unspecified atom stereocenters. The predicted molar refractivity (Wildman–Crippen MR) is 109 cm³/mol. The Morgan fingerprint density at radius 1 is 1.28 bits per heavy atom. The first kappa shape index (κ1) is 19.5. The van der Waals surface area contributed by atoms with Gasteiger partial charge in [-0.15, -0.1) is 0 Å². The van der Waals surface area contributed by atoms with Crippen LogP contribution in [0.1, 0.15) is 42.9 Å². The van der Waals surface area contributed by atoms with Crippen molar-refractivity contribution in [1.82, 2.24) is 0 Å². The molecule has 0 bridgehead atoms. The minimum absolute atomic E-state index is 0.0608. The van der Waals surface area contributed by atoms with E-state index in [-0.39, 0.29) is 11.7 Å². The first-order chi connectivity index (χ1) is 13.9. The second kappa shape index (κ2) is 7.23. The zero-order chi connectivity index (χ0) is 20.8. The average Bonchev–Trinajstić information content (AvgIpc) is 3.52. The topological polar surface area (TPSA) is 82.4 Å². The normalized spacial score (nSPS) is 20.8. The Kier molecular flexibility index (Phi) is 4.87. The van der Waals surface area contributed by atoms with Crippen LogP contribution in [0.25, 0.3) is 0 Å². The van der Waals surface area contributed by atoms with Crippen LogP contribution in [0.4, 0.5) is 15.8 Å². The Bertz CT molecular complexity index is 1090. The summed E-state index contributed by atoms with van der Waals surface area (Å²) in [6.07, 6.45) is 1.21. The van der Waals surface area contributed by atoms with Crippen LogP contribution in [0.2, 0.25) is 0 Å². The fraction of sp³-hybridized carbons (Fsp3) is 0.381. The quantitative estimate of drug-likeness (QED) is 0.773. The molecular formula is C21H22FN3O3S. The summed E-state index contributed by atoms with van der Waals surface area (Å²) in [6.45, 7) is 2.60. The van der Waals surface area contributed by atoms with Gasteiger partial charge in [-0.3, -0.25) is 4.72 Å². The van der Waals surface area contributed by atoms with Gasteiger partial charge in [0.25, 0.3) is 0 Å². The second-order valence-corrected chi connectivity index (χ2v) is 9.31. The first-order valence-corrected chi connectivity index (χ1v) is 11.1. The number of anilines is 2. The van der Waals surface area contributed by atoms with Gasteiger partial charge in [0, 0.05) is 18.3 Å². The van der Waals surface area contributed by atoms with E-state index < -0.39 is 27.0 Å². The molecule has 2 aromatic carbocycles. The molecule has 0 aromatic heterocycles. The number of fused-ring (bicyclic) bond motifs is 1. The number of rotatable bonds is 6. The van der Waals surface area contributed by atoms with E-state index in [1.54, 1.807) is 13.2 Å². The highest BCUT2D eigenvalue weighted by molar-refractivity contribution is 7.93. The van der Waals surface area contributed by atoms with Crippen LogP contribution < -0.4 is 14.4 Å². The summed E-state index contributed by atoms with van der Waals surface area (Å²) in [7, 11) is -1.96. The van der Waals surface area contributed by atoms with Crippen molar-refractivity contribution in [3.63, 3.8) is 0 Å². The van der Waals surface area contributed by atoms with Crippen LogP contribution in [-0.4, -0.2) is 27.3 Å². The molecule has 8 heteroatoms. The van der Waals surface area contributed by atoms with Crippen molar-refractivity contribution >= 4 is 21.4 Å². The highest BCUT2D eigenvalue weighted by Gasteiger charge is 2.40. The van der Waals surface area contributed by atoms with Crippen molar-refractivity contribution in [1.29, 1.82) is 5.26 Å². The molecule has 152 valence electrons. The molecule has 2 atom stereocenters. The molecular weight excluding hydrogens is 393 g/mol. The number of likely N-dealkylation sites (N-methyl/N-ethyl adjacent to an activating group) is 1. The second-order valence-electron chi connectivity index (χ2n) is 7.35. The molecule has 6 nitrogen and oxygen atoms in total. The summed E-state index contributed by atoms with van der Waals surface area (Å²) in [5.74, 6) is -0.423. The molecule has 2 aromatic rings. The fourth-order valence-electron chi connectivity index (χ4n) is 3.95. The maximum atomic E-state index is 14.8. The summed E-state index contributed by atoms with van der Waals surface area (Å²) in [5.41, 5.74) is 2.33. The number of ether oxygens (including phenoxy) is 1. The monoisotopic (exact) mass is 415 g/mol. The van der Waals surface area contributed by atoms with Gasteiger partial charge in [-0.25, -0.2) is 12.8 Å². The van der Waals surface area contributed by atoms with Crippen LogP contribution in [0.15, 0.2) is 36.4 Å². The highest BCUT2D eigenvalue weighted by atomic mass is 32.2. The molecule has 4 rings (SSSR count). The summed E-state index contributed by atoms with van der Waals surface area (Å²) in [6, 6.07) is 12.0. The van der Waals surface area contributed by atoms with Gasteiger partial charge < -0.3 is 9.64 Å². The molecule has 0 saturated heterocycles. The van der Waals surface area contributed by atoms with E-state index in [9.17, 15) is 18.1 Å². The van der Waals surface area contributed by atoms with E-state index >= 15 is 0 Å². The summed E-state index contributed by atoms with van der Waals surface area (Å²) in [4.78, 5) is 2.05. The van der Waals surface area contributed by atoms with E-state index in [0.29, 0.717) is 30.7 Å². The molecule has 1 N–H and O–H groups in total. The third-order valence-corrected chi connectivity index (χ3v) is 7.42. The third-order valence-electron chi connectivity index (χ3n) is 5.56. The first-order valence-electron chi connectivity index (χ1n) is 9.55. The van der Waals surface area contributed by atoms with Gasteiger partial charge in [-0.05, 0) is 49.1 Å². The minimum atomic E-state index is -3.54. The van der Waals surface area contributed by atoms with Crippen LogP contribution in [0, 0.1) is 17.1 Å². The number of hydrogen-bond acceptors (Lipinski definition) is 5. The van der Waals surface area contributed by atoms with Gasteiger partial charge in [-0.1, -0.05) is 12.1 Å². The van der Waals surface area contributed by atoms with Gasteiger partial charge in [0.2, 0.25) is 10.0 Å². The molecule has 0 radical (unpaired) electrons. The molecule has 0 spiro atoms. The Balaban J connectivity index is 1.70. The maximum Gasteiger partial charge on any atom is 0.235 e. The lowest BCUT2D eigenvalue weighted by Gasteiger charge is -2.28. The van der Waals surface area contributed by atoms with Crippen molar-refractivity contribution in [2.45, 2.75) is 37.0 Å². The molecule has 29 heavy (non-hydrogen) atoms. The van der Waals surface area contributed by atoms with E-state index in [1.165, 1.54) is 12.1 Å².